The van der Waals surface area contributed by atoms with Gasteiger partial charge >= 0.3 is 0 Å². The molecule has 1 fully saturated rings. The standard InChI is InChI=1S/C23H24Cl2N6O/c1-3-32-21-14-17(6-9-19(21)24)27-22-20(25)15-26-23(29-22)28-16-4-7-18(8-5-16)31-12-10-30(2)11-13-31/h4-5,7-8,14-15H,3,10-13H2,1-2H3,(H2,26,27,28,29). The summed E-state index contributed by atoms with van der Waals surface area (Å²) >= 11 is 12.4. The summed E-state index contributed by atoms with van der Waals surface area (Å²) in [4.78, 5) is 13.5. The van der Waals surface area contributed by atoms with Crippen molar-refractivity contribution in [1.82, 2.24) is 14.9 Å². The summed E-state index contributed by atoms with van der Waals surface area (Å²) in [5, 5.41) is 7.09. The number of hydrogen-bond donors (Lipinski definition) is 2. The fourth-order valence-corrected chi connectivity index (χ4v) is 3.63. The van der Waals surface area contributed by atoms with Gasteiger partial charge in [0.25, 0.3) is 0 Å². The molecule has 0 atom stereocenters. The second kappa shape index (κ2) is 10.1. The van der Waals surface area contributed by atoms with Gasteiger partial charge in [-0.15, -0.1) is 0 Å². The zero-order chi connectivity index (χ0) is 22.5. The summed E-state index contributed by atoms with van der Waals surface area (Å²) in [5.74, 6) is 1.37. The molecule has 1 saturated heterocycles. The third-order valence-corrected chi connectivity index (χ3v) is 5.64. The molecule has 166 valence electrons. The Morgan fingerprint density at radius 3 is 2.53 bits per heavy atom. The van der Waals surface area contributed by atoms with Crippen molar-refractivity contribution in [2.75, 3.05) is 55.4 Å². The highest BCUT2D eigenvalue weighted by atomic mass is 35.5. The van der Waals surface area contributed by atoms with E-state index in [0.29, 0.717) is 39.9 Å². The predicted molar refractivity (Wildman–Crippen MR) is 130 cm³/mol. The molecule has 4 rings (SSSR count). The Morgan fingerprint density at radius 2 is 1.81 bits per heavy atom. The highest BCUT2D eigenvalue weighted by Gasteiger charge is 2.14. The van der Waals surface area contributed by atoms with Crippen molar-refractivity contribution in [3.05, 3.63) is 58.7 Å². The molecule has 0 amide bonds. The van der Waals surface area contributed by atoms with Crippen molar-refractivity contribution in [1.29, 1.82) is 0 Å². The summed E-state index contributed by atoms with van der Waals surface area (Å²) in [6.45, 7) is 6.59. The Balaban J connectivity index is 1.45. The maximum atomic E-state index is 6.29. The Kier molecular flexibility index (Phi) is 7.05. The minimum atomic E-state index is 0.369. The molecule has 0 unspecified atom stereocenters. The molecule has 0 saturated carbocycles. The van der Waals surface area contributed by atoms with Gasteiger partial charge < -0.3 is 25.2 Å². The van der Waals surface area contributed by atoms with Crippen LogP contribution in [0.1, 0.15) is 6.92 Å². The number of hydrogen-bond acceptors (Lipinski definition) is 7. The van der Waals surface area contributed by atoms with E-state index in [9.17, 15) is 0 Å². The van der Waals surface area contributed by atoms with Crippen molar-refractivity contribution in [2.45, 2.75) is 6.92 Å². The van der Waals surface area contributed by atoms with Crippen LogP contribution in [0.3, 0.4) is 0 Å². The molecule has 0 radical (unpaired) electrons. The molecular formula is C23H24Cl2N6O. The fraction of sp³-hybridized carbons (Fsp3) is 0.304. The number of ether oxygens (including phenoxy) is 1. The third kappa shape index (κ3) is 5.46. The monoisotopic (exact) mass is 470 g/mol. The summed E-state index contributed by atoms with van der Waals surface area (Å²) in [5.41, 5.74) is 2.68. The van der Waals surface area contributed by atoms with Crippen LogP contribution in [0.15, 0.2) is 36.5 Å². The predicted octanol–water partition coefficient (Wildman–Crippen LogP) is 5.02. The van der Waals surface area contributed by atoms with E-state index >= 15 is 0 Å². The molecular weight excluding hydrogens is 447 g/mol. The van der Waals surface area contributed by atoms with E-state index in [1.807, 2.05) is 19.1 Å². The lowest BCUT2D eigenvalue weighted by atomic mass is 10.2. The quantitative estimate of drug-likeness (QED) is 0.502. The molecule has 2 heterocycles. The minimum Gasteiger partial charge on any atom is -0.492 e. The number of aromatic nitrogens is 2. The molecule has 9 heteroatoms. The number of anilines is 5. The van der Waals surface area contributed by atoms with E-state index in [2.05, 4.69) is 61.7 Å². The minimum absolute atomic E-state index is 0.369. The lowest BCUT2D eigenvalue weighted by Gasteiger charge is -2.34. The van der Waals surface area contributed by atoms with Gasteiger partial charge in [0, 0.05) is 43.6 Å². The molecule has 32 heavy (non-hydrogen) atoms. The maximum Gasteiger partial charge on any atom is 0.229 e. The molecule has 1 aliphatic rings. The number of nitrogens with zero attached hydrogens (tertiary/aromatic N) is 4. The second-order valence-electron chi connectivity index (χ2n) is 7.40. The normalized spacial score (nSPS) is 14.1. The summed E-state index contributed by atoms with van der Waals surface area (Å²) in [7, 11) is 2.15. The van der Waals surface area contributed by atoms with Crippen molar-refractivity contribution in [2.24, 2.45) is 0 Å². The lowest BCUT2D eigenvalue weighted by Crippen LogP contribution is -2.44. The van der Waals surface area contributed by atoms with Crippen LogP contribution in [0.2, 0.25) is 10.0 Å². The molecule has 2 aromatic carbocycles. The first kappa shape index (κ1) is 22.3. The highest BCUT2D eigenvalue weighted by Crippen LogP contribution is 2.29. The van der Waals surface area contributed by atoms with Crippen LogP contribution in [-0.4, -0.2) is 54.7 Å². The maximum absolute atomic E-state index is 6.29. The molecule has 2 N–H and O–H groups in total. The molecule has 0 aliphatic carbocycles. The molecule has 0 bridgehead atoms. The average molecular weight is 471 g/mol. The third-order valence-electron chi connectivity index (χ3n) is 5.09. The summed E-state index contributed by atoms with van der Waals surface area (Å²) in [6.07, 6.45) is 1.54. The first-order valence-corrected chi connectivity index (χ1v) is 11.1. The number of halogens is 2. The van der Waals surface area contributed by atoms with Gasteiger partial charge in [0.1, 0.15) is 15.8 Å². The number of rotatable bonds is 7. The van der Waals surface area contributed by atoms with Gasteiger partial charge in [-0.2, -0.15) is 4.98 Å². The second-order valence-corrected chi connectivity index (χ2v) is 8.18. The van der Waals surface area contributed by atoms with E-state index in [-0.39, 0.29) is 0 Å². The average Bonchev–Trinajstić information content (AvgIpc) is 2.80. The van der Waals surface area contributed by atoms with Crippen LogP contribution >= 0.6 is 23.2 Å². The van der Waals surface area contributed by atoms with Crippen LogP contribution in [0, 0.1) is 12.1 Å². The van der Waals surface area contributed by atoms with Gasteiger partial charge in [-0.25, -0.2) is 4.98 Å². The first-order chi connectivity index (χ1) is 15.5. The van der Waals surface area contributed by atoms with Crippen LogP contribution < -0.4 is 20.3 Å². The van der Waals surface area contributed by atoms with E-state index in [1.165, 1.54) is 5.69 Å². The molecule has 0 spiro atoms. The van der Waals surface area contributed by atoms with Crippen LogP contribution in [0.25, 0.3) is 0 Å². The Morgan fingerprint density at radius 1 is 1.06 bits per heavy atom. The van der Waals surface area contributed by atoms with Gasteiger partial charge in [0.15, 0.2) is 5.82 Å². The summed E-state index contributed by atoms with van der Waals surface area (Å²) in [6, 6.07) is 15.7. The molecule has 7 nitrogen and oxygen atoms in total. The van der Waals surface area contributed by atoms with E-state index < -0.39 is 0 Å². The first-order valence-electron chi connectivity index (χ1n) is 10.4. The largest absolute Gasteiger partial charge is 0.492 e. The van der Waals surface area contributed by atoms with Crippen LogP contribution in [0.5, 0.6) is 5.75 Å². The number of likely N-dealkylation sites (N-methyl/N-ethyl adjacent to an activating group) is 1. The van der Waals surface area contributed by atoms with Crippen molar-refractivity contribution in [3.8, 4) is 5.75 Å². The van der Waals surface area contributed by atoms with Crippen LogP contribution in [0.4, 0.5) is 28.8 Å². The number of piperazine rings is 1. The van der Waals surface area contributed by atoms with Gasteiger partial charge in [-0.05, 0) is 50.4 Å². The number of nitrogens with one attached hydrogen (secondary N) is 2. The number of benzene rings is 1. The van der Waals surface area contributed by atoms with E-state index in [4.69, 9.17) is 27.9 Å². The Hall–Kier alpha value is -2.92. The lowest BCUT2D eigenvalue weighted by molar-refractivity contribution is 0.313. The van der Waals surface area contributed by atoms with Crippen molar-refractivity contribution in [3.63, 3.8) is 0 Å². The molecule has 3 aromatic rings. The summed E-state index contributed by atoms with van der Waals surface area (Å²) < 4.78 is 5.50. The van der Waals surface area contributed by atoms with Gasteiger partial charge in [0.2, 0.25) is 5.95 Å². The van der Waals surface area contributed by atoms with Gasteiger partial charge in [-0.3, -0.25) is 0 Å². The van der Waals surface area contributed by atoms with Crippen LogP contribution in [-0.2, 0) is 0 Å². The van der Waals surface area contributed by atoms with E-state index in [0.717, 1.165) is 31.9 Å². The fourth-order valence-electron chi connectivity index (χ4n) is 3.33. The SMILES string of the molecule is CCOc1cc(Nc2nc(Nc3ccc(N4CCN(C)CC4)cc3)ncc2Cl)c#cc1Cl. The molecule has 1 aliphatic heterocycles. The van der Waals surface area contributed by atoms with Crippen molar-refractivity contribution < 1.29 is 4.74 Å². The smallest absolute Gasteiger partial charge is 0.229 e. The van der Waals surface area contributed by atoms with E-state index in [1.54, 1.807) is 12.3 Å². The topological polar surface area (TPSA) is 65.6 Å². The zero-order valence-electron chi connectivity index (χ0n) is 18.0. The van der Waals surface area contributed by atoms with Gasteiger partial charge in [-0.1, -0.05) is 23.2 Å². The Labute approximate surface area is 198 Å². The van der Waals surface area contributed by atoms with Gasteiger partial charge in [0.05, 0.1) is 18.5 Å². The molecule has 1 aromatic heterocycles. The zero-order valence-corrected chi connectivity index (χ0v) is 19.5. The highest BCUT2D eigenvalue weighted by molar-refractivity contribution is 6.33. The Bertz CT molecular complexity index is 1050. The van der Waals surface area contributed by atoms with Crippen molar-refractivity contribution >= 4 is 52.0 Å².